The van der Waals surface area contributed by atoms with Gasteiger partial charge in [-0.1, -0.05) is 0 Å². The van der Waals surface area contributed by atoms with Crippen LogP contribution < -0.4 is 51.4 Å². The summed E-state index contributed by atoms with van der Waals surface area (Å²) >= 11 is 0. The van der Waals surface area contributed by atoms with Gasteiger partial charge in [-0.15, -0.1) is 0 Å². The quantitative estimate of drug-likeness (QED) is 0.338. The summed E-state index contributed by atoms with van der Waals surface area (Å²) in [6, 6.07) is 0. The topological polar surface area (TPSA) is 59.5 Å². The van der Waals surface area contributed by atoms with E-state index in [2.05, 4.69) is 4.74 Å². The van der Waals surface area contributed by atoms with Crippen LogP contribution in [-0.4, -0.2) is 23.5 Å². The molecule has 0 spiro atoms. The summed E-state index contributed by atoms with van der Waals surface area (Å²) in [7, 11) is 0. The van der Waals surface area contributed by atoms with Crippen molar-refractivity contribution in [1.82, 2.24) is 0 Å². The fraction of sp³-hybridized carbons (Fsp3) is 1.00. The Morgan fingerprint density at radius 3 is 2.00 bits per heavy atom. The molecule has 0 saturated heterocycles. The van der Waals surface area contributed by atoms with Gasteiger partial charge in [0, 0.05) is 6.61 Å². The van der Waals surface area contributed by atoms with Crippen molar-refractivity contribution in [2.24, 2.45) is 0 Å². The molecule has 0 heterocycles. The summed E-state index contributed by atoms with van der Waals surface area (Å²) in [5.74, 6) is 0. The molecule has 0 radical (unpaired) electrons. The molecule has 0 amide bonds. The first-order valence-electron chi connectivity index (χ1n) is 2.07. The first kappa shape index (κ1) is 16.3. The second-order valence-corrected chi connectivity index (χ2v) is 1.05. The van der Waals surface area contributed by atoms with Crippen LogP contribution in [0.3, 0.4) is 0 Å². The fourth-order valence-electron chi connectivity index (χ4n) is 0.241. The van der Waals surface area contributed by atoms with Gasteiger partial charge in [-0.2, -0.15) is 0 Å². The van der Waals surface area contributed by atoms with Crippen LogP contribution >= 0.6 is 0 Å². The number of hydrogen-bond donors (Lipinski definition) is 1. The predicted molar refractivity (Wildman–Crippen MR) is 25.2 cm³/mol. The molecule has 0 fully saturated rings. The summed E-state index contributed by atoms with van der Waals surface area (Å²) < 4.78 is 4.60. The van der Waals surface area contributed by atoms with Crippen LogP contribution in [0.4, 0.5) is 0 Å². The summed E-state index contributed by atoms with van der Waals surface area (Å²) in [4.78, 5) is 0. The number of hydrogen-bond acceptors (Lipinski definition) is 3. The van der Waals surface area contributed by atoms with Crippen molar-refractivity contribution in [3.05, 3.63) is 0 Å². The van der Waals surface area contributed by atoms with E-state index < -0.39 is 6.29 Å². The van der Waals surface area contributed by atoms with E-state index in [9.17, 15) is 0 Å². The second-order valence-electron chi connectivity index (χ2n) is 1.05. The number of ether oxygens (including phenoxy) is 1. The average Bonchev–Trinajstić information content (AvgIpc) is 1.35. The Hall–Kier alpha value is 1.52. The van der Waals surface area contributed by atoms with Gasteiger partial charge in [0.05, 0.1) is 0 Å². The van der Waals surface area contributed by atoms with Crippen LogP contribution in [0.15, 0.2) is 0 Å². The summed E-state index contributed by atoms with van der Waals surface area (Å²) in [6.45, 7) is 4.01. The van der Waals surface area contributed by atoms with Crippen molar-refractivity contribution >= 4 is 0 Å². The van der Waals surface area contributed by atoms with Gasteiger partial charge in [-0.3, -0.25) is 0 Å². The molecule has 8 heavy (non-hydrogen) atoms. The van der Waals surface area contributed by atoms with Crippen LogP contribution in [0, 0.1) is 0 Å². The first-order chi connectivity index (χ1) is 2.77. The van der Waals surface area contributed by atoms with Gasteiger partial charge in [0.1, 0.15) is 0 Å². The maximum atomic E-state index is 8.33. The van der Waals surface area contributed by atoms with Gasteiger partial charge < -0.3 is 15.3 Å². The van der Waals surface area contributed by atoms with Crippen LogP contribution in [-0.2, 0) is 4.74 Å². The summed E-state index contributed by atoms with van der Waals surface area (Å²) in [6.07, 6.45) is -0.602. The van der Waals surface area contributed by atoms with E-state index in [1.54, 1.807) is 6.92 Å². The molecule has 0 aromatic rings. The number of rotatable bonds is 2. The van der Waals surface area contributed by atoms with Gasteiger partial charge in [0.2, 0.25) is 0 Å². The first-order valence-corrected chi connectivity index (χ1v) is 2.07. The normalized spacial score (nSPS) is 10.9. The summed E-state index contributed by atoms with van der Waals surface area (Å²) in [5, 5.41) is 8.33. The molecule has 0 aliphatic rings. The minimum atomic E-state index is -0.602. The number of aliphatic hydroxyl groups is 1. The van der Waals surface area contributed by atoms with Crippen molar-refractivity contribution in [3.8, 4) is 0 Å². The van der Waals surface area contributed by atoms with Crippen molar-refractivity contribution in [1.29, 1.82) is 0 Å². The average molecular weight is 146 g/mol. The van der Waals surface area contributed by atoms with E-state index in [1.807, 2.05) is 6.92 Å². The largest absolute Gasteiger partial charge is 1.00 e. The molecule has 0 aromatic carbocycles. The van der Waals surface area contributed by atoms with Gasteiger partial charge in [0.25, 0.3) is 0 Å². The van der Waals surface area contributed by atoms with Crippen molar-refractivity contribution in [2.75, 3.05) is 6.61 Å². The molecule has 1 unspecified atom stereocenters. The Bertz CT molecular complexity index is 32.5. The Balaban J connectivity index is -0.000000125. The third-order valence-corrected chi connectivity index (χ3v) is 0.408. The van der Waals surface area contributed by atoms with E-state index in [0.717, 1.165) is 0 Å². The van der Waals surface area contributed by atoms with Crippen LogP contribution in [0.2, 0.25) is 0 Å². The smallest absolute Gasteiger partial charge is 0.870 e. The molecular formula is C4H11KO3. The Labute approximate surface area is 92.1 Å². The van der Waals surface area contributed by atoms with Crippen LogP contribution in [0.25, 0.3) is 0 Å². The molecule has 4 heteroatoms. The molecule has 0 saturated carbocycles. The zero-order valence-corrected chi connectivity index (χ0v) is 8.71. The van der Waals surface area contributed by atoms with Crippen LogP contribution in [0.1, 0.15) is 13.8 Å². The van der Waals surface area contributed by atoms with Gasteiger partial charge >= 0.3 is 51.4 Å². The summed E-state index contributed by atoms with van der Waals surface area (Å²) in [5.41, 5.74) is 0. The van der Waals surface area contributed by atoms with E-state index >= 15 is 0 Å². The molecule has 0 rings (SSSR count). The second kappa shape index (κ2) is 11.3. The Kier molecular flexibility index (Phi) is 23.0. The third kappa shape index (κ3) is 15.6. The molecule has 0 aliphatic carbocycles. The Morgan fingerprint density at radius 2 is 2.00 bits per heavy atom. The minimum Gasteiger partial charge on any atom is -0.870 e. The molecular weight excluding hydrogens is 135 g/mol. The van der Waals surface area contributed by atoms with E-state index in [0.29, 0.717) is 6.61 Å². The molecule has 0 aromatic heterocycles. The van der Waals surface area contributed by atoms with Crippen molar-refractivity contribution in [3.63, 3.8) is 0 Å². The SMILES string of the molecule is CCOC(C)O.[K+].[OH-]. The molecule has 3 nitrogen and oxygen atoms in total. The monoisotopic (exact) mass is 146 g/mol. The molecule has 46 valence electrons. The third-order valence-electron chi connectivity index (χ3n) is 0.408. The van der Waals surface area contributed by atoms with E-state index in [4.69, 9.17) is 5.11 Å². The minimum absolute atomic E-state index is 0. The Morgan fingerprint density at radius 1 is 1.62 bits per heavy atom. The molecule has 0 bridgehead atoms. The predicted octanol–water partition coefficient (Wildman–Crippen LogP) is -2.81. The van der Waals surface area contributed by atoms with Gasteiger partial charge in [-0.05, 0) is 13.8 Å². The van der Waals surface area contributed by atoms with Crippen LogP contribution in [0.5, 0.6) is 0 Å². The number of aliphatic hydroxyl groups excluding tert-OH is 1. The fourth-order valence-corrected chi connectivity index (χ4v) is 0.241. The standard InChI is InChI=1S/C4H10O2.K.H2O/c1-3-6-4(2)5;;/h4-5H,3H2,1-2H3;;1H2/q;+1;/p-1. The van der Waals surface area contributed by atoms with Gasteiger partial charge in [-0.25, -0.2) is 0 Å². The van der Waals surface area contributed by atoms with E-state index in [-0.39, 0.29) is 56.9 Å². The van der Waals surface area contributed by atoms with E-state index in [1.165, 1.54) is 0 Å². The zero-order chi connectivity index (χ0) is 4.99. The van der Waals surface area contributed by atoms with Crippen molar-refractivity contribution in [2.45, 2.75) is 20.1 Å². The van der Waals surface area contributed by atoms with Gasteiger partial charge in [0.15, 0.2) is 6.29 Å². The maximum absolute atomic E-state index is 8.33. The molecule has 2 N–H and O–H groups in total. The molecule has 0 aliphatic heterocycles. The zero-order valence-electron chi connectivity index (χ0n) is 5.59. The molecule has 1 atom stereocenters. The maximum Gasteiger partial charge on any atom is 1.00 e. The van der Waals surface area contributed by atoms with Crippen molar-refractivity contribution < 1.29 is 66.7 Å².